The van der Waals surface area contributed by atoms with Crippen LogP contribution >= 0.6 is 11.3 Å². The molecule has 0 unspecified atom stereocenters. The predicted octanol–water partition coefficient (Wildman–Crippen LogP) is 3.71. The summed E-state index contributed by atoms with van der Waals surface area (Å²) in [5.74, 6) is 3.24. The Morgan fingerprint density at radius 1 is 1.25 bits per heavy atom. The molecular weight excluding hydrogens is 370 g/mol. The summed E-state index contributed by atoms with van der Waals surface area (Å²) in [5.41, 5.74) is 2.25. The summed E-state index contributed by atoms with van der Waals surface area (Å²) in [4.78, 5) is 14.9. The number of rotatable bonds is 6. The summed E-state index contributed by atoms with van der Waals surface area (Å²) in [6, 6.07) is 5.40. The van der Waals surface area contributed by atoms with Crippen molar-refractivity contribution in [3.05, 3.63) is 23.2 Å². The fraction of sp³-hybridized carbons (Fsp3) is 0.550. The van der Waals surface area contributed by atoms with Gasteiger partial charge in [0.05, 0.1) is 10.2 Å². The van der Waals surface area contributed by atoms with Crippen LogP contribution in [0.3, 0.4) is 0 Å². The minimum atomic E-state index is 0.535. The zero-order valence-electron chi connectivity index (χ0n) is 16.1. The molecule has 3 aliphatic rings. The van der Waals surface area contributed by atoms with Crippen molar-refractivity contribution in [2.24, 2.45) is 0 Å². The maximum atomic E-state index is 4.95. The third kappa shape index (κ3) is 2.78. The Balaban J connectivity index is 1.29. The fourth-order valence-electron chi connectivity index (χ4n) is 4.75. The van der Waals surface area contributed by atoms with Crippen molar-refractivity contribution in [2.75, 3.05) is 29.9 Å². The standard InChI is InChI=1S/C20H25N7S/c1-2-6-26-10-14-8-13(26)11-27(14)20-21-15-5-7-28-18(15)19(23-20)22-17-9-16(24-25-17)12-3-4-12/h5,7,9,12-14H,2-4,6,8,10-11H2,1H3,(H2,21,22,23,24,25)/t13-,14+/m1/s1. The highest BCUT2D eigenvalue weighted by Crippen LogP contribution is 2.40. The van der Waals surface area contributed by atoms with Crippen LogP contribution in [-0.2, 0) is 0 Å². The van der Waals surface area contributed by atoms with Crippen LogP contribution in [0.2, 0.25) is 0 Å². The third-order valence-corrected chi connectivity index (χ3v) is 7.19. The molecule has 3 aromatic rings. The van der Waals surface area contributed by atoms with Crippen LogP contribution in [0, 0.1) is 0 Å². The zero-order valence-corrected chi connectivity index (χ0v) is 16.9. The van der Waals surface area contributed by atoms with E-state index in [0.29, 0.717) is 18.0 Å². The molecule has 0 spiro atoms. The third-order valence-electron chi connectivity index (χ3n) is 6.27. The van der Waals surface area contributed by atoms with E-state index in [2.05, 4.69) is 49.8 Å². The number of H-pyrrole nitrogens is 1. The maximum absolute atomic E-state index is 4.95. The van der Waals surface area contributed by atoms with E-state index < -0.39 is 0 Å². The van der Waals surface area contributed by atoms with Crippen molar-refractivity contribution < 1.29 is 0 Å². The lowest BCUT2D eigenvalue weighted by molar-refractivity contribution is 0.238. The van der Waals surface area contributed by atoms with Gasteiger partial charge in [0, 0.05) is 42.9 Å². The monoisotopic (exact) mass is 395 g/mol. The van der Waals surface area contributed by atoms with Crippen LogP contribution in [0.1, 0.15) is 44.2 Å². The van der Waals surface area contributed by atoms with Crippen LogP contribution < -0.4 is 10.2 Å². The number of aromatic amines is 1. The van der Waals surface area contributed by atoms with Gasteiger partial charge in [-0.2, -0.15) is 10.1 Å². The van der Waals surface area contributed by atoms with Crippen molar-refractivity contribution in [1.29, 1.82) is 0 Å². The number of thiophene rings is 1. The van der Waals surface area contributed by atoms with Crippen molar-refractivity contribution in [1.82, 2.24) is 25.1 Å². The first-order valence-electron chi connectivity index (χ1n) is 10.4. The minimum Gasteiger partial charge on any atom is -0.335 e. The fourth-order valence-corrected chi connectivity index (χ4v) is 5.52. The number of nitrogens with one attached hydrogen (secondary N) is 2. The number of hydrogen-bond acceptors (Lipinski definition) is 7. The van der Waals surface area contributed by atoms with Gasteiger partial charge in [-0.05, 0) is 43.7 Å². The zero-order chi connectivity index (χ0) is 18.7. The van der Waals surface area contributed by atoms with Crippen LogP contribution in [0.15, 0.2) is 17.5 Å². The van der Waals surface area contributed by atoms with Crippen molar-refractivity contribution >= 4 is 39.1 Å². The van der Waals surface area contributed by atoms with Crippen molar-refractivity contribution in [2.45, 2.75) is 50.6 Å². The summed E-state index contributed by atoms with van der Waals surface area (Å²) in [6.07, 6.45) is 4.99. The Kier molecular flexibility index (Phi) is 3.84. The molecule has 3 fully saturated rings. The van der Waals surface area contributed by atoms with Gasteiger partial charge in [0.2, 0.25) is 5.95 Å². The largest absolute Gasteiger partial charge is 0.335 e. The molecular formula is C20H25N7S. The lowest BCUT2D eigenvalue weighted by atomic mass is 10.2. The lowest BCUT2D eigenvalue weighted by Gasteiger charge is -2.34. The summed E-state index contributed by atoms with van der Waals surface area (Å²) in [6.45, 7) is 5.64. The minimum absolute atomic E-state index is 0.535. The molecule has 0 radical (unpaired) electrons. The molecule has 2 N–H and O–H groups in total. The molecule has 1 aliphatic carbocycles. The first kappa shape index (κ1) is 16.7. The molecule has 2 atom stereocenters. The van der Waals surface area contributed by atoms with Gasteiger partial charge in [-0.1, -0.05) is 6.92 Å². The number of nitrogens with zero attached hydrogens (tertiary/aromatic N) is 5. The van der Waals surface area contributed by atoms with Gasteiger partial charge in [0.25, 0.3) is 0 Å². The first-order valence-corrected chi connectivity index (χ1v) is 11.2. The second kappa shape index (κ2) is 6.42. The average molecular weight is 396 g/mol. The molecule has 8 heteroatoms. The van der Waals surface area contributed by atoms with E-state index in [1.807, 2.05) is 0 Å². The van der Waals surface area contributed by atoms with E-state index >= 15 is 0 Å². The molecule has 2 aliphatic heterocycles. The number of aromatic nitrogens is 4. The Labute approximate surface area is 168 Å². The Morgan fingerprint density at radius 2 is 2.18 bits per heavy atom. The molecule has 1 saturated carbocycles. The highest BCUT2D eigenvalue weighted by Gasteiger charge is 2.43. The highest BCUT2D eigenvalue weighted by molar-refractivity contribution is 7.17. The van der Waals surface area contributed by atoms with E-state index in [-0.39, 0.29) is 0 Å². The summed E-state index contributed by atoms with van der Waals surface area (Å²) in [5, 5.41) is 13.2. The Hall–Kier alpha value is -2.19. The van der Waals surface area contributed by atoms with E-state index in [0.717, 1.165) is 40.9 Å². The summed E-state index contributed by atoms with van der Waals surface area (Å²) in [7, 11) is 0. The van der Waals surface area contributed by atoms with Gasteiger partial charge in [-0.15, -0.1) is 11.3 Å². The SMILES string of the molecule is CCCN1C[C@@H]2C[C@@H]1CN2c1nc(Nc2cc(C3CC3)[nH]n2)c2sccc2n1. The second-order valence-corrected chi connectivity index (χ2v) is 9.22. The van der Waals surface area contributed by atoms with Gasteiger partial charge >= 0.3 is 0 Å². The van der Waals surface area contributed by atoms with Crippen molar-refractivity contribution in [3.63, 3.8) is 0 Å². The summed E-state index contributed by atoms with van der Waals surface area (Å²) >= 11 is 1.68. The van der Waals surface area contributed by atoms with Gasteiger partial charge in [-0.25, -0.2) is 4.98 Å². The van der Waals surface area contributed by atoms with Gasteiger partial charge in [-0.3, -0.25) is 10.00 Å². The molecule has 0 aromatic carbocycles. The Bertz CT molecular complexity index is 1010. The second-order valence-electron chi connectivity index (χ2n) is 8.31. The van der Waals surface area contributed by atoms with E-state index in [4.69, 9.17) is 9.97 Å². The lowest BCUT2D eigenvalue weighted by Crippen LogP contribution is -2.47. The first-order chi connectivity index (χ1) is 13.8. The Morgan fingerprint density at radius 3 is 2.96 bits per heavy atom. The van der Waals surface area contributed by atoms with E-state index in [1.54, 1.807) is 11.3 Å². The molecule has 146 valence electrons. The number of fused-ring (bicyclic) bond motifs is 3. The number of hydrogen-bond donors (Lipinski definition) is 2. The molecule has 7 nitrogen and oxygen atoms in total. The van der Waals surface area contributed by atoms with Crippen LogP contribution in [0.25, 0.3) is 10.2 Å². The number of anilines is 3. The quantitative estimate of drug-likeness (QED) is 0.663. The molecule has 0 amide bonds. The van der Waals surface area contributed by atoms with Crippen LogP contribution in [0.4, 0.5) is 17.6 Å². The highest BCUT2D eigenvalue weighted by atomic mass is 32.1. The average Bonchev–Trinajstić information content (AvgIpc) is 3.10. The summed E-state index contributed by atoms with van der Waals surface area (Å²) < 4.78 is 1.09. The van der Waals surface area contributed by atoms with Gasteiger partial charge in [0.1, 0.15) is 0 Å². The molecule has 3 aromatic heterocycles. The van der Waals surface area contributed by atoms with Crippen molar-refractivity contribution in [3.8, 4) is 0 Å². The molecule has 2 bridgehead atoms. The normalized spacial score (nSPS) is 24.5. The molecule has 5 heterocycles. The van der Waals surface area contributed by atoms with Crippen LogP contribution in [-0.4, -0.2) is 56.8 Å². The maximum Gasteiger partial charge on any atom is 0.228 e. The molecule has 28 heavy (non-hydrogen) atoms. The molecule has 6 rings (SSSR count). The topological polar surface area (TPSA) is 73.0 Å². The van der Waals surface area contributed by atoms with Gasteiger partial charge < -0.3 is 10.2 Å². The van der Waals surface area contributed by atoms with E-state index in [1.165, 1.54) is 37.9 Å². The van der Waals surface area contributed by atoms with E-state index in [9.17, 15) is 0 Å². The van der Waals surface area contributed by atoms with Crippen LogP contribution in [0.5, 0.6) is 0 Å². The smallest absolute Gasteiger partial charge is 0.228 e. The number of likely N-dealkylation sites (tertiary alicyclic amines) is 1. The predicted molar refractivity (Wildman–Crippen MR) is 113 cm³/mol. The van der Waals surface area contributed by atoms with Gasteiger partial charge in [0.15, 0.2) is 11.6 Å². The number of piperazine rings is 1. The molecule has 2 saturated heterocycles.